The smallest absolute Gasteiger partial charge is 0.241 e. The monoisotopic (exact) mass is 290 g/mol. The van der Waals surface area contributed by atoms with Crippen molar-refractivity contribution >= 4 is 17.8 Å². The molecule has 0 aliphatic rings. The predicted molar refractivity (Wildman–Crippen MR) is 78.3 cm³/mol. The van der Waals surface area contributed by atoms with Crippen molar-refractivity contribution in [2.45, 2.75) is 6.92 Å². The van der Waals surface area contributed by atoms with Crippen LogP contribution in [0.3, 0.4) is 0 Å². The van der Waals surface area contributed by atoms with Crippen molar-refractivity contribution in [3.8, 4) is 5.95 Å². The van der Waals surface area contributed by atoms with Crippen LogP contribution in [-0.2, 0) is 4.79 Å². The van der Waals surface area contributed by atoms with Gasteiger partial charge in [-0.05, 0) is 6.92 Å². The second-order valence-electron chi connectivity index (χ2n) is 4.26. The molecule has 0 saturated carbocycles. The van der Waals surface area contributed by atoms with Crippen LogP contribution in [0.4, 0.5) is 11.9 Å². The molecule has 2 aromatic heterocycles. The minimum atomic E-state index is -0.0342. The number of carbonyl (C=O) groups is 1. The maximum atomic E-state index is 11.8. The van der Waals surface area contributed by atoms with Gasteiger partial charge in [0.25, 0.3) is 0 Å². The first-order valence-corrected chi connectivity index (χ1v) is 6.54. The van der Waals surface area contributed by atoms with Gasteiger partial charge >= 0.3 is 0 Å². The average Bonchev–Trinajstić information content (AvgIpc) is 3.05. The minimum absolute atomic E-state index is 0.0342. The van der Waals surface area contributed by atoms with E-state index in [0.29, 0.717) is 24.4 Å². The number of likely N-dealkylation sites (N-methyl/N-ethyl adjacent to an activating group) is 1. The second-order valence-corrected chi connectivity index (χ2v) is 4.26. The van der Waals surface area contributed by atoms with Gasteiger partial charge in [-0.3, -0.25) is 9.36 Å². The Morgan fingerprint density at radius 3 is 2.71 bits per heavy atom. The fourth-order valence-electron chi connectivity index (χ4n) is 1.51. The number of hydrogen-bond acceptors (Lipinski definition) is 7. The molecule has 0 aliphatic heterocycles. The van der Waals surface area contributed by atoms with Gasteiger partial charge in [0, 0.05) is 33.0 Å². The molecule has 112 valence electrons. The van der Waals surface area contributed by atoms with Crippen LogP contribution in [-0.4, -0.2) is 62.5 Å². The molecule has 1 amide bonds. The quantitative estimate of drug-likeness (QED) is 0.771. The number of nitrogens with zero attached hydrogens (tertiary/aromatic N) is 6. The number of nitrogens with one attached hydrogen (secondary N) is 2. The molecule has 2 aromatic rings. The minimum Gasteiger partial charge on any atom is -0.357 e. The van der Waals surface area contributed by atoms with Crippen LogP contribution in [0, 0.1) is 0 Å². The van der Waals surface area contributed by atoms with Crippen molar-refractivity contribution < 1.29 is 4.79 Å². The summed E-state index contributed by atoms with van der Waals surface area (Å²) in [5, 5.41) is 5.77. The van der Waals surface area contributed by atoms with Crippen molar-refractivity contribution in [1.29, 1.82) is 0 Å². The topological polar surface area (TPSA) is 101 Å². The molecular formula is C12H18N8O. The zero-order valence-electron chi connectivity index (χ0n) is 12.2. The maximum Gasteiger partial charge on any atom is 0.241 e. The van der Waals surface area contributed by atoms with Gasteiger partial charge < -0.3 is 15.5 Å². The van der Waals surface area contributed by atoms with Crippen LogP contribution in [0.25, 0.3) is 5.95 Å². The van der Waals surface area contributed by atoms with Crippen LogP contribution in [0.15, 0.2) is 18.7 Å². The number of carbonyl (C=O) groups excluding carboxylic acids is 1. The largest absolute Gasteiger partial charge is 0.357 e. The summed E-state index contributed by atoms with van der Waals surface area (Å²) in [5.41, 5.74) is 0. The third-order valence-electron chi connectivity index (χ3n) is 2.88. The third kappa shape index (κ3) is 3.65. The standard InChI is InChI=1S/C12H18N8O/c1-4-19(3)9(21)7-15-11-16-10(13-2)17-12(18-11)20-6-5-14-8-20/h5-6,8H,4,7H2,1-3H3,(H2,13,15,16,17,18). The van der Waals surface area contributed by atoms with Gasteiger partial charge in [0.2, 0.25) is 23.8 Å². The van der Waals surface area contributed by atoms with E-state index in [1.165, 1.54) is 0 Å². The Balaban J connectivity index is 2.16. The van der Waals surface area contributed by atoms with Gasteiger partial charge in [0.1, 0.15) is 6.33 Å². The zero-order chi connectivity index (χ0) is 15.2. The molecule has 2 heterocycles. The zero-order valence-corrected chi connectivity index (χ0v) is 12.2. The molecule has 0 bridgehead atoms. The van der Waals surface area contributed by atoms with Gasteiger partial charge in [0.15, 0.2) is 0 Å². The lowest BCUT2D eigenvalue weighted by atomic mass is 10.5. The fourth-order valence-corrected chi connectivity index (χ4v) is 1.51. The Kier molecular flexibility index (Phi) is 4.64. The van der Waals surface area contributed by atoms with Crippen LogP contribution >= 0.6 is 0 Å². The highest BCUT2D eigenvalue weighted by molar-refractivity contribution is 5.80. The summed E-state index contributed by atoms with van der Waals surface area (Å²) in [4.78, 5) is 30.0. The Morgan fingerprint density at radius 1 is 1.33 bits per heavy atom. The van der Waals surface area contributed by atoms with E-state index in [1.807, 2.05) is 6.92 Å². The molecule has 0 fully saturated rings. The molecule has 0 unspecified atom stereocenters. The van der Waals surface area contributed by atoms with Crippen molar-refractivity contribution in [3.63, 3.8) is 0 Å². The van der Waals surface area contributed by atoms with Crippen molar-refractivity contribution in [2.24, 2.45) is 0 Å². The average molecular weight is 290 g/mol. The summed E-state index contributed by atoms with van der Waals surface area (Å²) < 4.78 is 1.66. The van der Waals surface area contributed by atoms with Gasteiger partial charge in [-0.25, -0.2) is 4.98 Å². The molecule has 0 spiro atoms. The normalized spacial score (nSPS) is 10.2. The third-order valence-corrected chi connectivity index (χ3v) is 2.88. The van der Waals surface area contributed by atoms with Crippen LogP contribution in [0.5, 0.6) is 0 Å². The highest BCUT2D eigenvalue weighted by Crippen LogP contribution is 2.08. The molecule has 2 N–H and O–H groups in total. The molecule has 0 saturated heterocycles. The number of rotatable bonds is 6. The van der Waals surface area contributed by atoms with E-state index < -0.39 is 0 Å². The molecular weight excluding hydrogens is 272 g/mol. The number of aromatic nitrogens is 5. The molecule has 0 aromatic carbocycles. The Morgan fingerprint density at radius 2 is 2.10 bits per heavy atom. The predicted octanol–water partition coefficient (Wildman–Crippen LogP) is -0.0108. The van der Waals surface area contributed by atoms with Gasteiger partial charge in [-0.2, -0.15) is 15.0 Å². The van der Waals surface area contributed by atoms with E-state index >= 15 is 0 Å². The maximum absolute atomic E-state index is 11.8. The summed E-state index contributed by atoms with van der Waals surface area (Å²) in [5.74, 6) is 1.13. The summed E-state index contributed by atoms with van der Waals surface area (Å²) in [6.45, 7) is 2.69. The van der Waals surface area contributed by atoms with E-state index in [2.05, 4.69) is 30.6 Å². The number of amides is 1. The first-order valence-electron chi connectivity index (χ1n) is 6.54. The summed E-state index contributed by atoms with van der Waals surface area (Å²) >= 11 is 0. The lowest BCUT2D eigenvalue weighted by molar-refractivity contribution is -0.127. The Bertz CT molecular complexity index is 597. The number of imidazole rings is 1. The van der Waals surface area contributed by atoms with Crippen molar-refractivity contribution in [2.75, 3.05) is 37.8 Å². The van der Waals surface area contributed by atoms with Crippen molar-refractivity contribution in [1.82, 2.24) is 29.4 Å². The van der Waals surface area contributed by atoms with Crippen molar-refractivity contribution in [3.05, 3.63) is 18.7 Å². The fraction of sp³-hybridized carbons (Fsp3) is 0.417. The highest BCUT2D eigenvalue weighted by atomic mass is 16.2. The number of anilines is 2. The van der Waals surface area contributed by atoms with Crippen LogP contribution in [0.2, 0.25) is 0 Å². The SMILES string of the molecule is CCN(C)C(=O)CNc1nc(NC)nc(-n2ccnc2)n1. The lowest BCUT2D eigenvalue weighted by Gasteiger charge is -2.15. The molecule has 0 radical (unpaired) electrons. The van der Waals surface area contributed by atoms with E-state index in [1.54, 1.807) is 42.3 Å². The van der Waals surface area contributed by atoms with E-state index in [9.17, 15) is 4.79 Å². The van der Waals surface area contributed by atoms with Gasteiger partial charge in [-0.1, -0.05) is 0 Å². The molecule has 0 aliphatic carbocycles. The van der Waals surface area contributed by atoms with Crippen LogP contribution < -0.4 is 10.6 Å². The van der Waals surface area contributed by atoms with E-state index in [-0.39, 0.29) is 12.5 Å². The lowest BCUT2D eigenvalue weighted by Crippen LogP contribution is -2.32. The summed E-state index contributed by atoms with van der Waals surface area (Å²) in [6.07, 6.45) is 4.96. The van der Waals surface area contributed by atoms with E-state index in [4.69, 9.17) is 0 Å². The van der Waals surface area contributed by atoms with E-state index in [0.717, 1.165) is 0 Å². The van der Waals surface area contributed by atoms with Crippen LogP contribution in [0.1, 0.15) is 6.92 Å². The molecule has 0 atom stereocenters. The first-order chi connectivity index (χ1) is 10.1. The second kappa shape index (κ2) is 6.64. The Labute approximate surface area is 122 Å². The first kappa shape index (κ1) is 14.7. The van der Waals surface area contributed by atoms with Gasteiger partial charge in [-0.15, -0.1) is 0 Å². The molecule has 9 heteroatoms. The number of hydrogen-bond donors (Lipinski definition) is 2. The molecule has 2 rings (SSSR count). The van der Waals surface area contributed by atoms with Gasteiger partial charge in [0.05, 0.1) is 6.54 Å². The summed E-state index contributed by atoms with van der Waals surface area (Å²) in [6, 6.07) is 0. The molecule has 21 heavy (non-hydrogen) atoms. The highest BCUT2D eigenvalue weighted by Gasteiger charge is 2.10. The molecule has 9 nitrogen and oxygen atoms in total. The Hall–Kier alpha value is -2.71. The summed E-state index contributed by atoms with van der Waals surface area (Å²) in [7, 11) is 3.46.